The Balaban J connectivity index is 1.69. The van der Waals surface area contributed by atoms with Gasteiger partial charge in [-0.15, -0.1) is 0 Å². The number of rotatable bonds is 1. The van der Waals surface area contributed by atoms with Crippen LogP contribution in [0.4, 0.5) is 0 Å². The van der Waals surface area contributed by atoms with Gasteiger partial charge in [0.05, 0.1) is 6.10 Å². The van der Waals surface area contributed by atoms with Crippen molar-refractivity contribution in [3.8, 4) is 5.75 Å². The van der Waals surface area contributed by atoms with Crippen molar-refractivity contribution in [2.75, 3.05) is 0 Å². The molecule has 24 heavy (non-hydrogen) atoms. The van der Waals surface area contributed by atoms with Crippen molar-refractivity contribution in [1.29, 1.82) is 0 Å². The first-order valence-corrected chi connectivity index (χ1v) is 9.07. The Kier molecular flexibility index (Phi) is 3.64. The summed E-state index contributed by atoms with van der Waals surface area (Å²) in [5.74, 6) is 1.14. The summed E-state index contributed by atoms with van der Waals surface area (Å²) in [6, 6.07) is 5.58. The number of hydrogen-bond donors (Lipinski definition) is 2. The lowest BCUT2D eigenvalue weighted by atomic mass is 9.54. The van der Waals surface area contributed by atoms with E-state index in [1.165, 1.54) is 18.1 Å². The van der Waals surface area contributed by atoms with E-state index in [4.69, 9.17) is 4.74 Å². The molecule has 1 aromatic rings. The van der Waals surface area contributed by atoms with Crippen LogP contribution in [0.1, 0.15) is 56.6 Å². The highest BCUT2D eigenvalue weighted by atomic mass is 16.5. The van der Waals surface area contributed by atoms with Gasteiger partial charge in [-0.3, -0.25) is 4.79 Å². The third kappa shape index (κ3) is 2.26. The number of esters is 1. The number of phenols is 1. The minimum absolute atomic E-state index is 0.0724. The van der Waals surface area contributed by atoms with Gasteiger partial charge in [0.25, 0.3) is 0 Å². The molecule has 0 radical (unpaired) electrons. The molecule has 0 amide bonds. The van der Waals surface area contributed by atoms with Gasteiger partial charge in [0, 0.05) is 18.3 Å². The van der Waals surface area contributed by atoms with Gasteiger partial charge in [-0.1, -0.05) is 13.0 Å². The standard InChI is InChI=1S/C20H26O4/c1-11(21)24-18-8-7-16-15-5-3-12-9-13(22)4-6-14(12)19(15)17(23)10-20(16,18)2/h4,6,9,15-19,22-23H,3,5,7-8,10H2,1-2H3/t15-,16-,17+,18+,19+,20-/m0/s1. The highest BCUT2D eigenvalue weighted by molar-refractivity contribution is 5.66. The van der Waals surface area contributed by atoms with Gasteiger partial charge in [-0.25, -0.2) is 0 Å². The number of aliphatic hydroxyl groups excluding tert-OH is 1. The van der Waals surface area contributed by atoms with Crippen molar-refractivity contribution in [3.05, 3.63) is 29.3 Å². The number of carbonyl (C=O) groups is 1. The van der Waals surface area contributed by atoms with Crippen molar-refractivity contribution in [2.45, 2.75) is 64.1 Å². The molecule has 2 saturated carbocycles. The van der Waals surface area contributed by atoms with Crippen LogP contribution >= 0.6 is 0 Å². The number of aliphatic hydroxyl groups is 1. The molecule has 0 spiro atoms. The van der Waals surface area contributed by atoms with Gasteiger partial charge in [0.1, 0.15) is 11.9 Å². The van der Waals surface area contributed by atoms with Crippen molar-refractivity contribution in [2.24, 2.45) is 17.3 Å². The second kappa shape index (κ2) is 5.48. The molecule has 0 saturated heterocycles. The molecule has 6 atom stereocenters. The Hall–Kier alpha value is -1.55. The van der Waals surface area contributed by atoms with Crippen LogP contribution in [-0.4, -0.2) is 28.4 Å². The van der Waals surface area contributed by atoms with Gasteiger partial charge < -0.3 is 14.9 Å². The Labute approximate surface area is 142 Å². The average Bonchev–Trinajstić information content (AvgIpc) is 2.82. The largest absolute Gasteiger partial charge is 0.508 e. The summed E-state index contributed by atoms with van der Waals surface area (Å²) in [5.41, 5.74) is 2.25. The summed E-state index contributed by atoms with van der Waals surface area (Å²) in [6.45, 7) is 3.67. The Bertz CT molecular complexity index is 670. The fourth-order valence-electron chi connectivity index (χ4n) is 6.00. The minimum atomic E-state index is -0.420. The molecule has 0 aliphatic heterocycles. The molecular weight excluding hydrogens is 304 g/mol. The number of ether oxygens (including phenoxy) is 1. The third-order valence-electron chi connectivity index (χ3n) is 6.90. The van der Waals surface area contributed by atoms with Crippen LogP contribution in [0.15, 0.2) is 18.2 Å². The van der Waals surface area contributed by atoms with E-state index >= 15 is 0 Å². The Morgan fingerprint density at radius 1 is 1.29 bits per heavy atom. The van der Waals surface area contributed by atoms with Crippen molar-refractivity contribution >= 4 is 5.97 Å². The number of aromatic hydroxyl groups is 1. The molecule has 2 fully saturated rings. The normalized spacial score (nSPS) is 40.4. The molecule has 1 aromatic carbocycles. The Morgan fingerprint density at radius 2 is 2.08 bits per heavy atom. The quantitative estimate of drug-likeness (QED) is 0.776. The first-order chi connectivity index (χ1) is 11.4. The van der Waals surface area contributed by atoms with Gasteiger partial charge >= 0.3 is 5.97 Å². The van der Waals surface area contributed by atoms with Crippen molar-refractivity contribution < 1.29 is 19.7 Å². The van der Waals surface area contributed by atoms with E-state index in [0.29, 0.717) is 24.0 Å². The number of carbonyl (C=O) groups excluding carboxylic acids is 1. The molecule has 0 bridgehead atoms. The molecule has 3 aliphatic carbocycles. The zero-order valence-electron chi connectivity index (χ0n) is 14.4. The molecule has 130 valence electrons. The van der Waals surface area contributed by atoms with E-state index in [1.54, 1.807) is 6.07 Å². The fraction of sp³-hybridized carbons (Fsp3) is 0.650. The van der Waals surface area contributed by atoms with Crippen LogP contribution in [0.2, 0.25) is 0 Å². The van der Waals surface area contributed by atoms with E-state index in [-0.39, 0.29) is 23.4 Å². The average molecular weight is 330 g/mol. The first-order valence-electron chi connectivity index (χ1n) is 9.07. The summed E-state index contributed by atoms with van der Waals surface area (Å²) in [5, 5.41) is 20.7. The van der Waals surface area contributed by atoms with Gasteiger partial charge in [-0.05, 0) is 67.2 Å². The zero-order valence-corrected chi connectivity index (χ0v) is 14.4. The van der Waals surface area contributed by atoms with E-state index < -0.39 is 6.10 Å². The molecule has 0 heterocycles. The van der Waals surface area contributed by atoms with Crippen LogP contribution in [0.5, 0.6) is 5.75 Å². The third-order valence-corrected chi connectivity index (χ3v) is 6.90. The molecule has 3 aliphatic rings. The van der Waals surface area contributed by atoms with Crippen LogP contribution in [0, 0.1) is 17.3 Å². The molecule has 0 aromatic heterocycles. The molecular formula is C20H26O4. The van der Waals surface area contributed by atoms with Crippen LogP contribution in [0.3, 0.4) is 0 Å². The highest BCUT2D eigenvalue weighted by Gasteiger charge is 2.58. The van der Waals surface area contributed by atoms with Crippen molar-refractivity contribution in [3.63, 3.8) is 0 Å². The predicted octanol–water partition coefficient (Wildman–Crippen LogP) is 3.15. The molecule has 4 rings (SSSR count). The van der Waals surface area contributed by atoms with Crippen LogP contribution < -0.4 is 0 Å². The molecule has 4 nitrogen and oxygen atoms in total. The van der Waals surface area contributed by atoms with E-state index in [0.717, 1.165) is 25.7 Å². The maximum atomic E-state index is 11.5. The molecule has 2 N–H and O–H groups in total. The van der Waals surface area contributed by atoms with Gasteiger partial charge in [0.15, 0.2) is 0 Å². The highest BCUT2D eigenvalue weighted by Crippen LogP contribution is 2.61. The van der Waals surface area contributed by atoms with Gasteiger partial charge in [-0.2, -0.15) is 0 Å². The second-order valence-electron chi connectivity index (χ2n) is 8.17. The number of benzene rings is 1. The smallest absolute Gasteiger partial charge is 0.302 e. The summed E-state index contributed by atoms with van der Waals surface area (Å²) in [7, 11) is 0. The fourth-order valence-corrected chi connectivity index (χ4v) is 6.00. The summed E-state index contributed by atoms with van der Waals surface area (Å²) in [4.78, 5) is 11.5. The number of aryl methyl sites for hydroxylation is 1. The van der Waals surface area contributed by atoms with E-state index in [2.05, 4.69) is 6.92 Å². The summed E-state index contributed by atoms with van der Waals surface area (Å²) >= 11 is 0. The van der Waals surface area contributed by atoms with Gasteiger partial charge in [0.2, 0.25) is 0 Å². The van der Waals surface area contributed by atoms with E-state index in [9.17, 15) is 15.0 Å². The minimum Gasteiger partial charge on any atom is -0.508 e. The molecule has 4 heteroatoms. The first kappa shape index (κ1) is 15.9. The zero-order chi connectivity index (χ0) is 17.1. The van der Waals surface area contributed by atoms with Crippen LogP contribution in [0.25, 0.3) is 0 Å². The maximum absolute atomic E-state index is 11.5. The van der Waals surface area contributed by atoms with E-state index in [1.807, 2.05) is 12.1 Å². The lowest BCUT2D eigenvalue weighted by Gasteiger charge is -2.52. The summed E-state index contributed by atoms with van der Waals surface area (Å²) in [6.07, 6.45) is 4.13. The topological polar surface area (TPSA) is 66.8 Å². The monoisotopic (exact) mass is 330 g/mol. The number of fused-ring (bicyclic) bond motifs is 5. The lowest BCUT2D eigenvalue weighted by Crippen LogP contribution is -2.50. The van der Waals surface area contributed by atoms with Crippen LogP contribution in [-0.2, 0) is 16.0 Å². The maximum Gasteiger partial charge on any atom is 0.302 e. The number of hydrogen-bond acceptors (Lipinski definition) is 4. The second-order valence-corrected chi connectivity index (χ2v) is 8.17. The number of phenolic OH excluding ortho intramolecular Hbond substituents is 1. The Morgan fingerprint density at radius 3 is 2.83 bits per heavy atom. The summed E-state index contributed by atoms with van der Waals surface area (Å²) < 4.78 is 5.61. The predicted molar refractivity (Wildman–Crippen MR) is 89.7 cm³/mol. The molecule has 0 unspecified atom stereocenters. The lowest BCUT2D eigenvalue weighted by molar-refractivity contribution is -0.158. The SMILES string of the molecule is CC(=O)O[C@@H]1CC[C@H]2[C@@H]3CCc4cc(O)ccc4[C@H]3[C@H](O)C[C@]12C. The van der Waals surface area contributed by atoms with Crippen molar-refractivity contribution in [1.82, 2.24) is 0 Å².